The summed E-state index contributed by atoms with van der Waals surface area (Å²) in [5, 5.41) is 1.04. The van der Waals surface area contributed by atoms with Crippen molar-refractivity contribution in [2.75, 3.05) is 19.6 Å². The highest BCUT2D eigenvalue weighted by Gasteiger charge is 2.40. The molecule has 3 rings (SSSR count). The number of nitrogens with zero attached hydrogens (tertiary/aromatic N) is 2. The van der Waals surface area contributed by atoms with Crippen molar-refractivity contribution in [1.82, 2.24) is 14.8 Å². The van der Waals surface area contributed by atoms with Gasteiger partial charge in [-0.2, -0.15) is 0 Å². The monoisotopic (exact) mass is 356 g/mol. The second-order valence-electron chi connectivity index (χ2n) is 7.08. The number of nitrogens with two attached hydrogens (primary N) is 1. The maximum atomic E-state index is 13.3. The number of fused-ring (bicyclic) bond motifs is 1. The fraction of sp³-hybridized carbons (Fsp3) is 0.500. The lowest BCUT2D eigenvalue weighted by Gasteiger charge is -2.29. The van der Waals surface area contributed by atoms with Crippen molar-refractivity contribution >= 4 is 22.7 Å². The van der Waals surface area contributed by atoms with E-state index in [4.69, 9.17) is 5.73 Å². The molecule has 1 aliphatic heterocycles. The number of carbonyl (C=O) groups is 2. The number of likely N-dealkylation sites (N-methyl/N-ethyl adjacent to an activating group) is 1. The number of rotatable bonds is 4. The minimum absolute atomic E-state index is 0.0117. The van der Waals surface area contributed by atoms with Gasteiger partial charge in [-0.05, 0) is 45.7 Å². The van der Waals surface area contributed by atoms with Crippen molar-refractivity contribution in [3.63, 3.8) is 0 Å². The maximum absolute atomic E-state index is 13.3. The van der Waals surface area contributed by atoms with E-state index >= 15 is 0 Å². The van der Waals surface area contributed by atoms with Crippen LogP contribution < -0.4 is 5.73 Å². The fourth-order valence-corrected chi connectivity index (χ4v) is 3.89. The van der Waals surface area contributed by atoms with Gasteiger partial charge in [-0.1, -0.05) is 12.1 Å². The lowest BCUT2D eigenvalue weighted by molar-refractivity contribution is -0.134. The van der Waals surface area contributed by atoms with E-state index in [0.29, 0.717) is 31.6 Å². The van der Waals surface area contributed by atoms with Crippen LogP contribution in [0.5, 0.6) is 0 Å². The van der Waals surface area contributed by atoms with E-state index in [2.05, 4.69) is 4.98 Å². The average molecular weight is 356 g/mol. The summed E-state index contributed by atoms with van der Waals surface area (Å²) in [4.78, 5) is 33.0. The van der Waals surface area contributed by atoms with Gasteiger partial charge in [0.25, 0.3) is 5.91 Å². The van der Waals surface area contributed by atoms with Crippen LogP contribution in [0.1, 0.15) is 41.9 Å². The molecule has 2 amide bonds. The number of likely N-dealkylation sites (tertiary alicyclic amines) is 1. The van der Waals surface area contributed by atoms with Crippen LogP contribution in [-0.4, -0.2) is 58.3 Å². The number of aromatic amines is 1. The predicted octanol–water partition coefficient (Wildman–Crippen LogP) is 2.19. The Morgan fingerprint density at radius 2 is 1.96 bits per heavy atom. The molecule has 6 heteroatoms. The number of hydrogen-bond donors (Lipinski definition) is 2. The van der Waals surface area contributed by atoms with Crippen LogP contribution in [0.4, 0.5) is 0 Å². The minimum atomic E-state index is -0.482. The van der Waals surface area contributed by atoms with Gasteiger partial charge < -0.3 is 20.5 Å². The Kier molecular flexibility index (Phi) is 5.05. The zero-order valence-electron chi connectivity index (χ0n) is 16.0. The quantitative estimate of drug-likeness (QED) is 0.881. The van der Waals surface area contributed by atoms with E-state index < -0.39 is 6.04 Å². The van der Waals surface area contributed by atoms with Gasteiger partial charge in [0.15, 0.2) is 0 Å². The molecule has 1 aromatic heterocycles. The first kappa shape index (κ1) is 18.5. The first-order chi connectivity index (χ1) is 12.4. The molecule has 1 saturated heterocycles. The molecule has 0 spiro atoms. The second-order valence-corrected chi connectivity index (χ2v) is 7.08. The van der Waals surface area contributed by atoms with Crippen LogP contribution in [0.2, 0.25) is 0 Å². The number of aromatic nitrogens is 1. The Bertz CT molecular complexity index is 838. The van der Waals surface area contributed by atoms with Gasteiger partial charge in [-0.3, -0.25) is 9.59 Å². The number of hydrogen-bond acceptors (Lipinski definition) is 3. The van der Waals surface area contributed by atoms with Gasteiger partial charge in [0, 0.05) is 36.8 Å². The molecule has 2 atom stereocenters. The van der Waals surface area contributed by atoms with E-state index in [1.54, 1.807) is 9.80 Å². The van der Waals surface area contributed by atoms with Gasteiger partial charge in [0.1, 0.15) is 6.04 Å². The molecule has 0 radical (unpaired) electrons. The van der Waals surface area contributed by atoms with Gasteiger partial charge in [-0.25, -0.2) is 0 Å². The molecule has 3 N–H and O–H groups in total. The average Bonchev–Trinajstić information content (AvgIpc) is 3.16. The molecule has 2 heterocycles. The first-order valence-corrected chi connectivity index (χ1v) is 9.32. The van der Waals surface area contributed by atoms with Crippen molar-refractivity contribution in [3.05, 3.63) is 35.0 Å². The summed E-state index contributed by atoms with van der Waals surface area (Å²) < 4.78 is 0. The summed E-state index contributed by atoms with van der Waals surface area (Å²) >= 11 is 0. The van der Waals surface area contributed by atoms with Crippen LogP contribution >= 0.6 is 0 Å². The lowest BCUT2D eigenvalue weighted by atomic mass is 10.1. The molecule has 0 saturated carbocycles. The van der Waals surface area contributed by atoms with E-state index in [9.17, 15) is 9.59 Å². The van der Waals surface area contributed by atoms with Gasteiger partial charge in [0.05, 0.1) is 11.1 Å². The number of carbonyl (C=O) groups excluding carboxylic acids is 2. The Hall–Kier alpha value is -2.34. The summed E-state index contributed by atoms with van der Waals surface area (Å²) in [6.07, 6.45) is 0.514. The molecule has 0 unspecified atom stereocenters. The Morgan fingerprint density at radius 1 is 1.27 bits per heavy atom. The van der Waals surface area contributed by atoms with Gasteiger partial charge in [-0.15, -0.1) is 0 Å². The number of amides is 2. The summed E-state index contributed by atoms with van der Waals surface area (Å²) in [5.41, 5.74) is 9.75. The summed E-state index contributed by atoms with van der Waals surface area (Å²) in [5.74, 6) is -0.141. The van der Waals surface area contributed by atoms with Gasteiger partial charge >= 0.3 is 0 Å². The third-order valence-electron chi connectivity index (χ3n) is 5.53. The molecule has 2 aromatic rings. The lowest BCUT2D eigenvalue weighted by Crippen LogP contribution is -2.47. The molecule has 1 aliphatic rings. The molecule has 0 bridgehead atoms. The molecule has 26 heavy (non-hydrogen) atoms. The minimum Gasteiger partial charge on any atom is -0.358 e. The fourth-order valence-electron chi connectivity index (χ4n) is 3.89. The topological polar surface area (TPSA) is 82.4 Å². The number of H-pyrrole nitrogens is 1. The molecule has 6 nitrogen and oxygen atoms in total. The highest BCUT2D eigenvalue weighted by molar-refractivity contribution is 6.08. The first-order valence-electron chi connectivity index (χ1n) is 9.32. The standard InChI is InChI=1S/C20H28N4O2/c1-5-23(6-2)20(26)17-10-14(21)11-24(17)19(25)16-9-7-8-15-12(3)13(4)22-18(15)16/h7-9,14,17,22H,5-6,10-11,21H2,1-4H3/t14-,17-/m0/s1. The summed E-state index contributed by atoms with van der Waals surface area (Å²) in [6.45, 7) is 9.62. The van der Waals surface area contributed by atoms with Crippen molar-refractivity contribution in [2.45, 2.75) is 46.2 Å². The van der Waals surface area contributed by atoms with E-state index in [-0.39, 0.29) is 17.9 Å². The van der Waals surface area contributed by atoms with Gasteiger partial charge in [0.2, 0.25) is 5.91 Å². The molecule has 1 fully saturated rings. The smallest absolute Gasteiger partial charge is 0.256 e. The number of aryl methyl sites for hydroxylation is 2. The van der Waals surface area contributed by atoms with Crippen molar-refractivity contribution < 1.29 is 9.59 Å². The van der Waals surface area contributed by atoms with Crippen molar-refractivity contribution in [3.8, 4) is 0 Å². The number of para-hydroxylation sites is 1. The summed E-state index contributed by atoms with van der Waals surface area (Å²) in [7, 11) is 0. The highest BCUT2D eigenvalue weighted by Crippen LogP contribution is 2.28. The third kappa shape index (κ3) is 2.98. The number of nitrogens with one attached hydrogen (secondary N) is 1. The Labute approximate surface area is 154 Å². The van der Waals surface area contributed by atoms with Crippen LogP contribution in [-0.2, 0) is 4.79 Å². The van der Waals surface area contributed by atoms with E-state index in [1.165, 1.54) is 0 Å². The maximum Gasteiger partial charge on any atom is 0.256 e. The third-order valence-corrected chi connectivity index (χ3v) is 5.53. The predicted molar refractivity (Wildman–Crippen MR) is 103 cm³/mol. The molecule has 140 valence electrons. The normalized spacial score (nSPS) is 20.0. The SMILES string of the molecule is CCN(CC)C(=O)[C@@H]1C[C@H](N)CN1C(=O)c1cccc2c(C)c(C)[nH]c12. The molecular formula is C20H28N4O2. The van der Waals surface area contributed by atoms with Crippen LogP contribution in [0.3, 0.4) is 0 Å². The van der Waals surface area contributed by atoms with Crippen LogP contribution in [0.25, 0.3) is 10.9 Å². The second kappa shape index (κ2) is 7.11. The zero-order chi connectivity index (χ0) is 19.0. The molecule has 1 aromatic carbocycles. The molecule has 0 aliphatic carbocycles. The largest absolute Gasteiger partial charge is 0.358 e. The Morgan fingerprint density at radius 3 is 2.62 bits per heavy atom. The van der Waals surface area contributed by atoms with E-state index in [0.717, 1.165) is 22.2 Å². The molecular weight excluding hydrogens is 328 g/mol. The van der Waals surface area contributed by atoms with Crippen LogP contribution in [0, 0.1) is 13.8 Å². The zero-order valence-corrected chi connectivity index (χ0v) is 16.0. The Balaban J connectivity index is 1.98. The van der Waals surface area contributed by atoms with Crippen LogP contribution in [0.15, 0.2) is 18.2 Å². The number of benzene rings is 1. The van der Waals surface area contributed by atoms with Crippen molar-refractivity contribution in [2.24, 2.45) is 5.73 Å². The van der Waals surface area contributed by atoms with E-state index in [1.807, 2.05) is 45.9 Å². The summed E-state index contributed by atoms with van der Waals surface area (Å²) in [6, 6.07) is 5.08. The highest BCUT2D eigenvalue weighted by atomic mass is 16.2. The van der Waals surface area contributed by atoms with Crippen molar-refractivity contribution in [1.29, 1.82) is 0 Å².